The normalized spacial score (nSPS) is 19.7. The summed E-state index contributed by atoms with van der Waals surface area (Å²) in [6, 6.07) is 5.37. The second kappa shape index (κ2) is 5.07. The molecule has 1 aromatic rings. The number of aryl methyl sites for hydroxylation is 1. The van der Waals surface area contributed by atoms with Gasteiger partial charge in [-0.2, -0.15) is 0 Å². The van der Waals surface area contributed by atoms with Gasteiger partial charge < -0.3 is 9.64 Å². The zero-order chi connectivity index (χ0) is 12.4. The van der Waals surface area contributed by atoms with Crippen LogP contribution < -0.4 is 0 Å². The molecule has 2 rings (SSSR count). The molecule has 4 heteroatoms. The molecular weight excluding hydrogens is 238 g/mol. The number of hydrogen-bond acceptors (Lipinski definition) is 2. The fraction of sp³-hybridized carbons (Fsp3) is 0.462. The lowest BCUT2D eigenvalue weighted by Crippen LogP contribution is -2.30. The third-order valence-electron chi connectivity index (χ3n) is 3.18. The summed E-state index contributed by atoms with van der Waals surface area (Å²) in [6.07, 6.45) is 1.08. The van der Waals surface area contributed by atoms with Crippen molar-refractivity contribution in [2.24, 2.45) is 0 Å². The van der Waals surface area contributed by atoms with Crippen molar-refractivity contribution in [2.75, 3.05) is 20.2 Å². The largest absolute Gasteiger partial charge is 0.380 e. The number of ether oxygens (including phenoxy) is 1. The maximum Gasteiger partial charge on any atom is 0.254 e. The number of carbonyl (C=O) groups excluding carboxylic acids is 1. The summed E-state index contributed by atoms with van der Waals surface area (Å²) in [5, 5.41) is 0.662. The van der Waals surface area contributed by atoms with Crippen LogP contribution in [0, 0.1) is 6.92 Å². The number of halogens is 1. The fourth-order valence-electron chi connectivity index (χ4n) is 2.14. The zero-order valence-corrected chi connectivity index (χ0v) is 10.8. The van der Waals surface area contributed by atoms with Crippen molar-refractivity contribution in [3.05, 3.63) is 34.3 Å². The summed E-state index contributed by atoms with van der Waals surface area (Å²) in [6.45, 7) is 3.35. The molecule has 1 atom stereocenters. The van der Waals surface area contributed by atoms with Gasteiger partial charge in [0.1, 0.15) is 0 Å². The van der Waals surface area contributed by atoms with Gasteiger partial charge in [-0.3, -0.25) is 4.79 Å². The van der Waals surface area contributed by atoms with Crippen molar-refractivity contribution in [3.63, 3.8) is 0 Å². The molecule has 3 nitrogen and oxygen atoms in total. The molecule has 1 aromatic carbocycles. The van der Waals surface area contributed by atoms with E-state index in [-0.39, 0.29) is 12.0 Å². The van der Waals surface area contributed by atoms with Crippen LogP contribution in [0.5, 0.6) is 0 Å². The summed E-state index contributed by atoms with van der Waals surface area (Å²) >= 11 is 5.88. The van der Waals surface area contributed by atoms with E-state index in [9.17, 15) is 4.79 Å². The highest BCUT2D eigenvalue weighted by Gasteiger charge is 2.27. The van der Waals surface area contributed by atoms with Crippen molar-refractivity contribution in [2.45, 2.75) is 19.4 Å². The van der Waals surface area contributed by atoms with Crippen LogP contribution in [-0.2, 0) is 4.74 Å². The van der Waals surface area contributed by atoms with Crippen LogP contribution in [-0.4, -0.2) is 37.1 Å². The van der Waals surface area contributed by atoms with E-state index in [1.807, 2.05) is 17.9 Å². The molecule has 0 aromatic heterocycles. The van der Waals surface area contributed by atoms with Crippen molar-refractivity contribution in [3.8, 4) is 0 Å². The maximum atomic E-state index is 12.3. The number of nitrogens with zero attached hydrogens (tertiary/aromatic N) is 1. The fourth-order valence-corrected chi connectivity index (χ4v) is 2.37. The average molecular weight is 254 g/mol. The Morgan fingerprint density at radius 1 is 1.53 bits per heavy atom. The van der Waals surface area contributed by atoms with Crippen LogP contribution in [0.3, 0.4) is 0 Å². The molecule has 17 heavy (non-hydrogen) atoms. The summed E-state index contributed by atoms with van der Waals surface area (Å²) in [5.74, 6) is 0.0683. The molecule has 0 saturated carbocycles. The van der Waals surface area contributed by atoms with Gasteiger partial charge in [0.25, 0.3) is 5.91 Å². The average Bonchev–Trinajstić information content (AvgIpc) is 2.76. The number of hydrogen-bond donors (Lipinski definition) is 0. The summed E-state index contributed by atoms with van der Waals surface area (Å²) in [7, 11) is 1.69. The van der Waals surface area contributed by atoms with Crippen LogP contribution in [0.2, 0.25) is 5.02 Å². The summed E-state index contributed by atoms with van der Waals surface area (Å²) < 4.78 is 5.26. The molecule has 1 saturated heterocycles. The second-order valence-corrected chi connectivity index (χ2v) is 4.79. The molecule has 1 amide bonds. The Kier molecular flexibility index (Phi) is 3.69. The predicted octanol–water partition coefficient (Wildman–Crippen LogP) is 2.51. The molecule has 0 N–H and O–H groups in total. The smallest absolute Gasteiger partial charge is 0.254 e. The van der Waals surface area contributed by atoms with E-state index < -0.39 is 0 Å². The highest BCUT2D eigenvalue weighted by atomic mass is 35.5. The number of rotatable bonds is 2. The second-order valence-electron chi connectivity index (χ2n) is 4.36. The lowest BCUT2D eigenvalue weighted by Gasteiger charge is -2.17. The van der Waals surface area contributed by atoms with E-state index in [0.717, 1.165) is 24.1 Å². The van der Waals surface area contributed by atoms with Crippen molar-refractivity contribution in [1.82, 2.24) is 4.90 Å². The number of methoxy groups -OCH3 is 1. The molecule has 1 heterocycles. The van der Waals surface area contributed by atoms with E-state index in [4.69, 9.17) is 16.3 Å². The third-order valence-corrected chi connectivity index (χ3v) is 3.42. The van der Waals surface area contributed by atoms with Gasteiger partial charge in [0.15, 0.2) is 0 Å². The molecule has 0 bridgehead atoms. The van der Waals surface area contributed by atoms with Crippen molar-refractivity contribution in [1.29, 1.82) is 0 Å². The van der Waals surface area contributed by atoms with E-state index in [0.29, 0.717) is 11.6 Å². The minimum Gasteiger partial charge on any atom is -0.380 e. The van der Waals surface area contributed by atoms with Gasteiger partial charge in [0, 0.05) is 30.8 Å². The Morgan fingerprint density at radius 3 is 2.88 bits per heavy atom. The van der Waals surface area contributed by atoms with Crippen LogP contribution in [0.1, 0.15) is 22.3 Å². The molecule has 1 aliphatic heterocycles. The molecule has 92 valence electrons. The van der Waals surface area contributed by atoms with Gasteiger partial charge >= 0.3 is 0 Å². The Labute approximate surface area is 106 Å². The van der Waals surface area contributed by atoms with Gasteiger partial charge in [0.05, 0.1) is 6.10 Å². The van der Waals surface area contributed by atoms with Crippen LogP contribution >= 0.6 is 11.6 Å². The molecule has 0 spiro atoms. The first kappa shape index (κ1) is 12.4. The Bertz CT molecular complexity index is 433. The van der Waals surface area contributed by atoms with Crippen LogP contribution in [0.15, 0.2) is 18.2 Å². The molecule has 0 aliphatic carbocycles. The first-order chi connectivity index (χ1) is 8.11. The molecule has 1 fully saturated rings. The summed E-state index contributed by atoms with van der Waals surface area (Å²) in [4.78, 5) is 14.1. The standard InChI is InChI=1S/C13H16ClNO2/c1-9-7-10(14)3-4-12(9)13(16)15-6-5-11(8-15)17-2/h3-4,7,11H,5-6,8H2,1-2H3/t11-/m1/s1. The van der Waals surface area contributed by atoms with E-state index in [1.54, 1.807) is 19.2 Å². The minimum absolute atomic E-state index is 0.0683. The van der Waals surface area contributed by atoms with Crippen molar-refractivity contribution < 1.29 is 9.53 Å². The summed E-state index contributed by atoms with van der Waals surface area (Å²) in [5.41, 5.74) is 1.65. The number of amides is 1. The Hall–Kier alpha value is -1.06. The number of benzene rings is 1. The van der Waals surface area contributed by atoms with E-state index in [2.05, 4.69) is 0 Å². The third kappa shape index (κ3) is 2.61. The van der Waals surface area contributed by atoms with E-state index in [1.165, 1.54) is 0 Å². The zero-order valence-electron chi connectivity index (χ0n) is 10.1. The topological polar surface area (TPSA) is 29.5 Å². The van der Waals surface area contributed by atoms with Crippen molar-refractivity contribution >= 4 is 17.5 Å². The highest BCUT2D eigenvalue weighted by Crippen LogP contribution is 2.20. The Morgan fingerprint density at radius 2 is 2.29 bits per heavy atom. The quantitative estimate of drug-likeness (QED) is 0.811. The molecular formula is C13H16ClNO2. The van der Waals surface area contributed by atoms with Gasteiger partial charge in [-0.25, -0.2) is 0 Å². The maximum absolute atomic E-state index is 12.3. The predicted molar refractivity (Wildman–Crippen MR) is 67.5 cm³/mol. The van der Waals surface area contributed by atoms with Crippen LogP contribution in [0.25, 0.3) is 0 Å². The molecule has 1 aliphatic rings. The molecule has 0 radical (unpaired) electrons. The molecule has 0 unspecified atom stereocenters. The number of likely N-dealkylation sites (tertiary alicyclic amines) is 1. The SMILES string of the molecule is CO[C@@H]1CCN(C(=O)c2ccc(Cl)cc2C)C1. The van der Waals surface area contributed by atoms with Gasteiger partial charge in [0.2, 0.25) is 0 Å². The lowest BCUT2D eigenvalue weighted by molar-refractivity contribution is 0.0723. The first-order valence-electron chi connectivity index (χ1n) is 5.70. The van der Waals surface area contributed by atoms with Gasteiger partial charge in [-0.1, -0.05) is 11.6 Å². The minimum atomic E-state index is 0.0683. The van der Waals surface area contributed by atoms with Gasteiger partial charge in [-0.05, 0) is 37.1 Å². The lowest BCUT2D eigenvalue weighted by atomic mass is 10.1. The monoisotopic (exact) mass is 253 g/mol. The van der Waals surface area contributed by atoms with E-state index >= 15 is 0 Å². The van der Waals surface area contributed by atoms with Gasteiger partial charge in [-0.15, -0.1) is 0 Å². The highest BCUT2D eigenvalue weighted by molar-refractivity contribution is 6.30. The van der Waals surface area contributed by atoms with Crippen LogP contribution in [0.4, 0.5) is 0 Å². The first-order valence-corrected chi connectivity index (χ1v) is 6.08. The number of carbonyl (C=O) groups is 1. The Balaban J connectivity index is 2.15.